The standard InChI is InChI=1S/C16H21FN2O4S/c1-24(21,22)16(5-7-18-8-6-16)15(20)19-13-4-9-23-14-3-2-11(17)10-12(13)14/h2-3,10,13,18H,4-9H2,1H3,(H,19,20). The van der Waals surface area contributed by atoms with Gasteiger partial charge in [0.1, 0.15) is 11.6 Å². The highest BCUT2D eigenvalue weighted by atomic mass is 32.2. The summed E-state index contributed by atoms with van der Waals surface area (Å²) in [4.78, 5) is 12.9. The van der Waals surface area contributed by atoms with Gasteiger partial charge in [-0.1, -0.05) is 0 Å². The highest BCUT2D eigenvalue weighted by Crippen LogP contribution is 2.34. The van der Waals surface area contributed by atoms with Crippen LogP contribution in [0.4, 0.5) is 4.39 Å². The Hall–Kier alpha value is -1.67. The maximum atomic E-state index is 13.6. The highest BCUT2D eigenvalue weighted by molar-refractivity contribution is 7.92. The van der Waals surface area contributed by atoms with Gasteiger partial charge in [-0.3, -0.25) is 4.79 Å². The number of rotatable bonds is 3. The van der Waals surface area contributed by atoms with Crippen LogP contribution in [0, 0.1) is 5.82 Å². The van der Waals surface area contributed by atoms with E-state index in [1.165, 1.54) is 18.2 Å². The molecular formula is C16H21FN2O4S. The van der Waals surface area contributed by atoms with Crippen LogP contribution < -0.4 is 15.4 Å². The minimum absolute atomic E-state index is 0.233. The Morgan fingerprint density at radius 2 is 2.08 bits per heavy atom. The smallest absolute Gasteiger partial charge is 0.242 e. The topological polar surface area (TPSA) is 84.5 Å². The first-order chi connectivity index (χ1) is 11.3. The molecule has 2 aliphatic heterocycles. The van der Waals surface area contributed by atoms with Gasteiger partial charge in [0.05, 0.1) is 12.6 Å². The van der Waals surface area contributed by atoms with Gasteiger partial charge in [-0.2, -0.15) is 0 Å². The van der Waals surface area contributed by atoms with Crippen molar-refractivity contribution in [3.8, 4) is 5.75 Å². The van der Waals surface area contributed by atoms with Crippen molar-refractivity contribution in [3.63, 3.8) is 0 Å². The molecule has 0 aromatic heterocycles. The zero-order chi connectivity index (χ0) is 17.4. The number of carbonyl (C=O) groups is 1. The number of hydrogen-bond acceptors (Lipinski definition) is 5. The second-order valence-corrected chi connectivity index (χ2v) is 8.69. The molecule has 1 aromatic rings. The molecule has 1 aromatic carbocycles. The van der Waals surface area contributed by atoms with Crippen LogP contribution in [0.1, 0.15) is 30.9 Å². The molecule has 2 aliphatic rings. The second-order valence-electron chi connectivity index (χ2n) is 6.36. The van der Waals surface area contributed by atoms with Crippen LogP contribution in [0.15, 0.2) is 18.2 Å². The lowest BCUT2D eigenvalue weighted by atomic mass is 9.93. The fourth-order valence-electron chi connectivity index (χ4n) is 3.40. The van der Waals surface area contributed by atoms with Crippen molar-refractivity contribution in [2.75, 3.05) is 26.0 Å². The summed E-state index contributed by atoms with van der Waals surface area (Å²) >= 11 is 0. The number of carbonyl (C=O) groups excluding carboxylic acids is 1. The van der Waals surface area contributed by atoms with E-state index >= 15 is 0 Å². The number of ether oxygens (including phenoxy) is 1. The predicted molar refractivity (Wildman–Crippen MR) is 87.1 cm³/mol. The zero-order valence-electron chi connectivity index (χ0n) is 13.5. The fourth-order valence-corrected chi connectivity index (χ4v) is 4.74. The molecule has 2 heterocycles. The van der Waals surface area contributed by atoms with Gasteiger partial charge in [-0.15, -0.1) is 0 Å². The van der Waals surface area contributed by atoms with Crippen molar-refractivity contribution in [2.24, 2.45) is 0 Å². The average molecular weight is 356 g/mol. The number of piperidine rings is 1. The number of sulfone groups is 1. The van der Waals surface area contributed by atoms with E-state index in [0.29, 0.717) is 37.4 Å². The summed E-state index contributed by atoms with van der Waals surface area (Å²) in [6.07, 6.45) is 2.05. The Bertz CT molecular complexity index is 744. The van der Waals surface area contributed by atoms with E-state index in [2.05, 4.69) is 10.6 Å². The maximum Gasteiger partial charge on any atom is 0.242 e. The van der Waals surface area contributed by atoms with E-state index in [1.54, 1.807) is 0 Å². The molecule has 1 unspecified atom stereocenters. The van der Waals surface area contributed by atoms with Gasteiger partial charge < -0.3 is 15.4 Å². The van der Waals surface area contributed by atoms with Crippen LogP contribution in [-0.4, -0.2) is 45.0 Å². The van der Waals surface area contributed by atoms with Gasteiger partial charge in [0.25, 0.3) is 0 Å². The minimum atomic E-state index is -3.58. The van der Waals surface area contributed by atoms with Crippen molar-refractivity contribution in [1.29, 1.82) is 0 Å². The summed E-state index contributed by atoms with van der Waals surface area (Å²) < 4.78 is 42.2. The molecular weight excluding hydrogens is 335 g/mol. The van der Waals surface area contributed by atoms with Gasteiger partial charge in [-0.05, 0) is 44.1 Å². The lowest BCUT2D eigenvalue weighted by Crippen LogP contribution is -2.57. The summed E-state index contributed by atoms with van der Waals surface area (Å²) in [6, 6.07) is 3.70. The molecule has 6 nitrogen and oxygen atoms in total. The number of amides is 1. The fraction of sp³-hybridized carbons (Fsp3) is 0.562. The molecule has 1 fully saturated rings. The van der Waals surface area contributed by atoms with E-state index in [4.69, 9.17) is 4.74 Å². The quantitative estimate of drug-likeness (QED) is 0.842. The van der Waals surface area contributed by atoms with Crippen molar-refractivity contribution >= 4 is 15.7 Å². The van der Waals surface area contributed by atoms with Gasteiger partial charge in [-0.25, -0.2) is 12.8 Å². The first kappa shape index (κ1) is 17.2. The van der Waals surface area contributed by atoms with E-state index < -0.39 is 32.4 Å². The van der Waals surface area contributed by atoms with Gasteiger partial charge >= 0.3 is 0 Å². The summed E-state index contributed by atoms with van der Waals surface area (Å²) in [7, 11) is -3.58. The van der Waals surface area contributed by atoms with Gasteiger partial charge in [0.2, 0.25) is 5.91 Å². The van der Waals surface area contributed by atoms with E-state index in [1.807, 2.05) is 0 Å². The number of fused-ring (bicyclic) bond motifs is 1. The first-order valence-corrected chi connectivity index (χ1v) is 9.86. The van der Waals surface area contributed by atoms with Crippen LogP contribution in [-0.2, 0) is 14.6 Å². The molecule has 3 rings (SSSR count). The van der Waals surface area contributed by atoms with Crippen LogP contribution in [0.3, 0.4) is 0 Å². The molecule has 0 radical (unpaired) electrons. The summed E-state index contributed by atoms with van der Waals surface area (Å²) in [5.41, 5.74) is 0.548. The Balaban J connectivity index is 1.88. The monoisotopic (exact) mass is 356 g/mol. The van der Waals surface area contributed by atoms with Crippen molar-refractivity contribution in [1.82, 2.24) is 10.6 Å². The van der Waals surface area contributed by atoms with E-state index in [9.17, 15) is 17.6 Å². The molecule has 2 N–H and O–H groups in total. The third-order valence-electron chi connectivity index (χ3n) is 4.85. The lowest BCUT2D eigenvalue weighted by molar-refractivity contribution is -0.125. The molecule has 0 spiro atoms. The normalized spacial score (nSPS) is 23.0. The maximum absolute atomic E-state index is 13.6. The number of benzene rings is 1. The molecule has 0 saturated carbocycles. The van der Waals surface area contributed by atoms with Crippen LogP contribution in [0.25, 0.3) is 0 Å². The second kappa shape index (κ2) is 6.33. The third kappa shape index (κ3) is 3.00. The molecule has 8 heteroatoms. The largest absolute Gasteiger partial charge is 0.493 e. The molecule has 1 amide bonds. The summed E-state index contributed by atoms with van der Waals surface area (Å²) in [6.45, 7) is 1.33. The average Bonchev–Trinajstić information content (AvgIpc) is 2.55. The van der Waals surface area contributed by atoms with Crippen molar-refractivity contribution in [2.45, 2.75) is 30.1 Å². The van der Waals surface area contributed by atoms with Crippen LogP contribution >= 0.6 is 0 Å². The predicted octanol–water partition coefficient (Wildman–Crippen LogP) is 0.932. The Morgan fingerprint density at radius 3 is 2.75 bits per heavy atom. The molecule has 0 aliphatic carbocycles. The Kier molecular flexibility index (Phi) is 4.52. The first-order valence-electron chi connectivity index (χ1n) is 7.97. The lowest BCUT2D eigenvalue weighted by Gasteiger charge is -2.36. The van der Waals surface area contributed by atoms with Crippen LogP contribution in [0.5, 0.6) is 5.75 Å². The Labute approximate surface area is 140 Å². The molecule has 24 heavy (non-hydrogen) atoms. The van der Waals surface area contributed by atoms with Crippen molar-refractivity contribution in [3.05, 3.63) is 29.6 Å². The van der Waals surface area contributed by atoms with E-state index in [-0.39, 0.29) is 12.8 Å². The third-order valence-corrected chi connectivity index (χ3v) is 6.86. The molecule has 1 saturated heterocycles. The van der Waals surface area contributed by atoms with Gasteiger partial charge in [0, 0.05) is 18.2 Å². The Morgan fingerprint density at radius 1 is 1.38 bits per heavy atom. The SMILES string of the molecule is CS(=O)(=O)C1(C(=O)NC2CCOc3ccc(F)cc32)CCNCC1. The minimum Gasteiger partial charge on any atom is -0.493 e. The number of nitrogens with one attached hydrogen (secondary N) is 2. The van der Waals surface area contributed by atoms with Gasteiger partial charge in [0.15, 0.2) is 14.6 Å². The zero-order valence-corrected chi connectivity index (χ0v) is 14.3. The molecule has 132 valence electrons. The van der Waals surface area contributed by atoms with Crippen molar-refractivity contribution < 1.29 is 22.3 Å². The highest BCUT2D eigenvalue weighted by Gasteiger charge is 2.49. The summed E-state index contributed by atoms with van der Waals surface area (Å²) in [5, 5.41) is 5.91. The molecule has 1 atom stereocenters. The summed E-state index contributed by atoms with van der Waals surface area (Å²) in [5.74, 6) is -0.404. The number of hydrogen-bond donors (Lipinski definition) is 2. The van der Waals surface area contributed by atoms with E-state index in [0.717, 1.165) is 6.26 Å². The number of halogens is 1. The van der Waals surface area contributed by atoms with Crippen LogP contribution in [0.2, 0.25) is 0 Å². The molecule has 0 bridgehead atoms.